The molecule has 0 heterocycles. The highest BCUT2D eigenvalue weighted by atomic mass is 35.5. The minimum absolute atomic E-state index is 0.0558. The molecule has 0 aliphatic heterocycles. The van der Waals surface area contributed by atoms with Crippen molar-refractivity contribution < 1.29 is 23.1 Å². The van der Waals surface area contributed by atoms with Gasteiger partial charge in [0.25, 0.3) is 0 Å². The molecule has 0 saturated heterocycles. The molecule has 0 aliphatic carbocycles. The summed E-state index contributed by atoms with van der Waals surface area (Å²) in [5.41, 5.74) is 0. The number of carboxylic acid groups (broad SMARTS) is 1. The summed E-state index contributed by atoms with van der Waals surface area (Å²) in [5, 5.41) is 9.20. The molecule has 0 radical (unpaired) electrons. The summed E-state index contributed by atoms with van der Waals surface area (Å²) in [5.74, 6) is -1.18. The van der Waals surface area contributed by atoms with E-state index in [1.54, 1.807) is 6.92 Å². The van der Waals surface area contributed by atoms with Crippen molar-refractivity contribution in [3.8, 4) is 5.75 Å². The molecule has 106 valence electrons. The molecule has 2 N–H and O–H groups in total. The summed E-state index contributed by atoms with van der Waals surface area (Å²) < 4.78 is 31.2. The van der Waals surface area contributed by atoms with E-state index in [1.165, 1.54) is 25.3 Å². The first-order valence-electron chi connectivity index (χ1n) is 5.40. The normalized spacial score (nSPS) is 13.0. The molecule has 1 unspecified atom stereocenters. The SMILES string of the molecule is CCC(NS(=O)(=O)c1ccc(Cl)cc1OC)C(=O)O. The second-order valence-electron chi connectivity index (χ2n) is 3.72. The van der Waals surface area contributed by atoms with Crippen molar-refractivity contribution in [2.75, 3.05) is 7.11 Å². The Morgan fingerprint density at radius 2 is 2.16 bits per heavy atom. The van der Waals surface area contributed by atoms with Crippen LogP contribution >= 0.6 is 11.6 Å². The minimum atomic E-state index is -3.99. The molecule has 0 aromatic heterocycles. The monoisotopic (exact) mass is 307 g/mol. The van der Waals surface area contributed by atoms with Gasteiger partial charge in [-0.25, -0.2) is 8.42 Å². The zero-order valence-electron chi connectivity index (χ0n) is 10.4. The van der Waals surface area contributed by atoms with Crippen LogP contribution in [0.25, 0.3) is 0 Å². The molecule has 0 bridgehead atoms. The van der Waals surface area contributed by atoms with Crippen LogP contribution in [-0.2, 0) is 14.8 Å². The molecule has 1 aromatic carbocycles. The lowest BCUT2D eigenvalue weighted by Gasteiger charge is -2.14. The van der Waals surface area contributed by atoms with E-state index >= 15 is 0 Å². The van der Waals surface area contributed by atoms with Crippen molar-refractivity contribution in [3.05, 3.63) is 23.2 Å². The molecule has 0 spiro atoms. The number of benzene rings is 1. The Morgan fingerprint density at radius 1 is 1.53 bits per heavy atom. The van der Waals surface area contributed by atoms with Gasteiger partial charge in [0.1, 0.15) is 16.7 Å². The molecule has 1 atom stereocenters. The third-order valence-corrected chi connectivity index (χ3v) is 4.17. The minimum Gasteiger partial charge on any atom is -0.495 e. The van der Waals surface area contributed by atoms with Gasteiger partial charge in [-0.15, -0.1) is 0 Å². The number of aliphatic carboxylic acids is 1. The molecule has 0 amide bonds. The van der Waals surface area contributed by atoms with Crippen LogP contribution in [0.4, 0.5) is 0 Å². The Kier molecular flexibility index (Phi) is 5.16. The Balaban J connectivity index is 3.17. The quantitative estimate of drug-likeness (QED) is 0.830. The maximum Gasteiger partial charge on any atom is 0.321 e. The molecule has 1 rings (SSSR count). The first-order valence-corrected chi connectivity index (χ1v) is 7.26. The predicted octanol–water partition coefficient (Wildman–Crippen LogP) is 1.49. The predicted molar refractivity (Wildman–Crippen MR) is 70.0 cm³/mol. The van der Waals surface area contributed by atoms with Crippen LogP contribution in [0.1, 0.15) is 13.3 Å². The molecule has 0 saturated carbocycles. The lowest BCUT2D eigenvalue weighted by atomic mass is 10.2. The van der Waals surface area contributed by atoms with Crippen LogP contribution < -0.4 is 9.46 Å². The molecule has 6 nitrogen and oxygen atoms in total. The fourth-order valence-electron chi connectivity index (χ4n) is 1.42. The fraction of sp³-hybridized carbons (Fsp3) is 0.364. The van der Waals surface area contributed by atoms with Gasteiger partial charge in [0.2, 0.25) is 10.0 Å². The number of carboxylic acids is 1. The largest absolute Gasteiger partial charge is 0.495 e. The molecular formula is C11H14ClNO5S. The lowest BCUT2D eigenvalue weighted by Crippen LogP contribution is -2.40. The number of methoxy groups -OCH3 is 1. The lowest BCUT2D eigenvalue weighted by molar-refractivity contribution is -0.139. The molecule has 0 fully saturated rings. The molecule has 8 heteroatoms. The topological polar surface area (TPSA) is 92.7 Å². The maximum absolute atomic E-state index is 12.1. The highest BCUT2D eigenvalue weighted by Crippen LogP contribution is 2.27. The summed E-state index contributed by atoms with van der Waals surface area (Å²) in [7, 11) is -2.69. The number of hydrogen-bond donors (Lipinski definition) is 2. The van der Waals surface area contributed by atoms with E-state index in [9.17, 15) is 13.2 Å². The Labute approximate surface area is 116 Å². The fourth-order valence-corrected chi connectivity index (χ4v) is 3.01. The van der Waals surface area contributed by atoms with Gasteiger partial charge < -0.3 is 9.84 Å². The van der Waals surface area contributed by atoms with Gasteiger partial charge in [0, 0.05) is 11.1 Å². The molecule has 1 aromatic rings. The Hall–Kier alpha value is -1.31. The number of rotatable bonds is 6. The van der Waals surface area contributed by atoms with Gasteiger partial charge in [0.15, 0.2) is 0 Å². The van der Waals surface area contributed by atoms with E-state index in [4.69, 9.17) is 21.4 Å². The van der Waals surface area contributed by atoms with Gasteiger partial charge in [-0.3, -0.25) is 4.79 Å². The smallest absolute Gasteiger partial charge is 0.321 e. The number of ether oxygens (including phenoxy) is 1. The summed E-state index contributed by atoms with van der Waals surface area (Å²) in [6.45, 7) is 1.57. The zero-order valence-corrected chi connectivity index (χ0v) is 12.0. The summed E-state index contributed by atoms with van der Waals surface area (Å²) in [4.78, 5) is 10.7. The maximum atomic E-state index is 12.1. The highest BCUT2D eigenvalue weighted by molar-refractivity contribution is 7.89. The first-order chi connectivity index (χ1) is 8.81. The average Bonchev–Trinajstić information content (AvgIpc) is 2.35. The second kappa shape index (κ2) is 6.23. The van der Waals surface area contributed by atoms with E-state index in [1.807, 2.05) is 0 Å². The van der Waals surface area contributed by atoms with Crippen molar-refractivity contribution >= 4 is 27.6 Å². The summed E-state index contributed by atoms with van der Waals surface area (Å²) >= 11 is 5.74. The number of sulfonamides is 1. The van der Waals surface area contributed by atoms with Gasteiger partial charge >= 0.3 is 5.97 Å². The van der Waals surface area contributed by atoms with Crippen LogP contribution in [0.5, 0.6) is 5.75 Å². The van der Waals surface area contributed by atoms with Crippen LogP contribution in [0.2, 0.25) is 5.02 Å². The molecular weight excluding hydrogens is 294 g/mol. The Morgan fingerprint density at radius 3 is 2.63 bits per heavy atom. The van der Waals surface area contributed by atoms with Gasteiger partial charge in [-0.2, -0.15) is 4.72 Å². The third-order valence-electron chi connectivity index (χ3n) is 2.42. The van der Waals surface area contributed by atoms with Crippen LogP contribution in [0.15, 0.2) is 23.1 Å². The van der Waals surface area contributed by atoms with Crippen molar-refractivity contribution in [2.24, 2.45) is 0 Å². The number of hydrogen-bond acceptors (Lipinski definition) is 4. The highest BCUT2D eigenvalue weighted by Gasteiger charge is 2.26. The Bertz CT molecular complexity index is 572. The van der Waals surface area contributed by atoms with Crippen LogP contribution in [-0.4, -0.2) is 32.6 Å². The van der Waals surface area contributed by atoms with E-state index in [2.05, 4.69) is 4.72 Å². The summed E-state index contributed by atoms with van der Waals surface area (Å²) in [6, 6.07) is 2.81. The third kappa shape index (κ3) is 3.82. The number of halogens is 1. The van der Waals surface area contributed by atoms with E-state index in [-0.39, 0.29) is 17.1 Å². The standard InChI is InChI=1S/C11H14ClNO5S/c1-3-8(11(14)15)13-19(16,17)10-5-4-7(12)6-9(10)18-2/h4-6,8,13H,3H2,1-2H3,(H,14,15). The van der Waals surface area contributed by atoms with Gasteiger partial charge in [-0.1, -0.05) is 18.5 Å². The number of carbonyl (C=O) groups is 1. The van der Waals surface area contributed by atoms with E-state index in [0.717, 1.165) is 0 Å². The van der Waals surface area contributed by atoms with Gasteiger partial charge in [-0.05, 0) is 18.6 Å². The zero-order chi connectivity index (χ0) is 14.6. The van der Waals surface area contributed by atoms with Gasteiger partial charge in [0.05, 0.1) is 7.11 Å². The second-order valence-corrected chi connectivity index (χ2v) is 5.83. The average molecular weight is 308 g/mol. The van der Waals surface area contributed by atoms with E-state index in [0.29, 0.717) is 5.02 Å². The summed E-state index contributed by atoms with van der Waals surface area (Å²) in [6.07, 6.45) is 0.129. The molecule has 19 heavy (non-hydrogen) atoms. The van der Waals surface area contributed by atoms with Crippen molar-refractivity contribution in [1.82, 2.24) is 4.72 Å². The van der Waals surface area contributed by atoms with Crippen molar-refractivity contribution in [1.29, 1.82) is 0 Å². The van der Waals surface area contributed by atoms with Crippen LogP contribution in [0.3, 0.4) is 0 Å². The van der Waals surface area contributed by atoms with E-state index < -0.39 is 22.0 Å². The first kappa shape index (κ1) is 15.7. The van der Waals surface area contributed by atoms with Crippen molar-refractivity contribution in [3.63, 3.8) is 0 Å². The molecule has 0 aliphatic rings. The number of nitrogens with one attached hydrogen (secondary N) is 1. The van der Waals surface area contributed by atoms with Crippen molar-refractivity contribution in [2.45, 2.75) is 24.3 Å². The van der Waals surface area contributed by atoms with Crippen LogP contribution in [0, 0.1) is 0 Å².